The number of carbonyl (C=O) groups is 1. The maximum atomic E-state index is 11.7. The van der Waals surface area contributed by atoms with Gasteiger partial charge in [-0.1, -0.05) is 104 Å². The van der Waals surface area contributed by atoms with E-state index in [0.29, 0.717) is 13.0 Å². The zero-order chi connectivity index (χ0) is 20.7. The average molecular weight is 398 g/mol. The van der Waals surface area contributed by atoms with E-state index in [1.54, 1.807) is 0 Å². The lowest BCUT2D eigenvalue weighted by Gasteiger charge is -2.17. The van der Waals surface area contributed by atoms with E-state index in [9.17, 15) is 4.79 Å². The Morgan fingerprint density at radius 2 is 1.07 bits per heavy atom. The highest BCUT2D eigenvalue weighted by Gasteiger charge is 2.03. The first-order valence-corrected chi connectivity index (χ1v) is 12.6. The average Bonchev–Trinajstić information content (AvgIpc) is 2.71. The molecule has 0 atom stereocenters. The first-order chi connectivity index (χ1) is 13.7. The number of hydrogen-bond donors (Lipinski definition) is 0. The summed E-state index contributed by atoms with van der Waals surface area (Å²) in [5.41, 5.74) is 0. The lowest BCUT2D eigenvalue weighted by atomic mass is 10.0. The Kier molecular flexibility index (Phi) is 22.3. The van der Waals surface area contributed by atoms with Gasteiger partial charge in [-0.2, -0.15) is 0 Å². The summed E-state index contributed by atoms with van der Waals surface area (Å²) in [6.07, 6.45) is 21.6. The number of carbonyl (C=O) groups excluding carboxylic acids is 1. The zero-order valence-electron chi connectivity index (χ0n) is 19.6. The van der Waals surface area contributed by atoms with Crippen LogP contribution in [0, 0.1) is 0 Å². The summed E-state index contributed by atoms with van der Waals surface area (Å²) in [5, 5.41) is 0. The second-order valence-corrected chi connectivity index (χ2v) is 8.30. The molecule has 0 radical (unpaired) electrons. The summed E-state index contributed by atoms with van der Waals surface area (Å²) < 4.78 is 5.35. The third-order valence-electron chi connectivity index (χ3n) is 5.76. The molecule has 168 valence electrons. The van der Waals surface area contributed by atoms with Gasteiger partial charge < -0.3 is 9.64 Å². The van der Waals surface area contributed by atoms with Crippen LogP contribution in [-0.2, 0) is 9.53 Å². The molecule has 0 rings (SSSR count). The molecule has 0 fully saturated rings. The molecule has 0 heterocycles. The number of rotatable bonds is 22. The lowest BCUT2D eigenvalue weighted by molar-refractivity contribution is -0.143. The van der Waals surface area contributed by atoms with E-state index in [4.69, 9.17) is 4.74 Å². The summed E-state index contributed by atoms with van der Waals surface area (Å²) in [7, 11) is 0. The molecule has 0 amide bonds. The maximum Gasteiger partial charge on any atom is 0.305 e. The van der Waals surface area contributed by atoms with Gasteiger partial charge in [0.25, 0.3) is 0 Å². The van der Waals surface area contributed by atoms with Crippen molar-refractivity contribution >= 4 is 5.97 Å². The zero-order valence-corrected chi connectivity index (χ0v) is 19.6. The van der Waals surface area contributed by atoms with Crippen molar-refractivity contribution in [2.24, 2.45) is 0 Å². The van der Waals surface area contributed by atoms with Gasteiger partial charge in [-0.3, -0.25) is 4.79 Å². The normalized spacial score (nSPS) is 11.3. The predicted molar refractivity (Wildman–Crippen MR) is 123 cm³/mol. The highest BCUT2D eigenvalue weighted by Crippen LogP contribution is 2.13. The van der Waals surface area contributed by atoms with Gasteiger partial charge in [-0.25, -0.2) is 0 Å². The minimum atomic E-state index is 0.00164. The second-order valence-electron chi connectivity index (χ2n) is 8.30. The molecule has 0 spiro atoms. The Bertz CT molecular complexity index is 316. The van der Waals surface area contributed by atoms with Crippen LogP contribution in [-0.4, -0.2) is 37.1 Å². The van der Waals surface area contributed by atoms with Crippen molar-refractivity contribution in [2.75, 3.05) is 26.2 Å². The Morgan fingerprint density at radius 1 is 0.607 bits per heavy atom. The summed E-state index contributed by atoms with van der Waals surface area (Å²) in [6, 6.07) is 0. The van der Waals surface area contributed by atoms with Gasteiger partial charge >= 0.3 is 5.97 Å². The molecule has 0 aromatic heterocycles. The summed E-state index contributed by atoms with van der Waals surface area (Å²) in [6.45, 7) is 10.6. The topological polar surface area (TPSA) is 29.5 Å². The number of esters is 1. The molecule has 0 aliphatic rings. The van der Waals surface area contributed by atoms with Gasteiger partial charge in [-0.15, -0.1) is 0 Å². The van der Waals surface area contributed by atoms with Crippen LogP contribution in [0.1, 0.15) is 130 Å². The summed E-state index contributed by atoms with van der Waals surface area (Å²) in [4.78, 5) is 14.2. The highest BCUT2D eigenvalue weighted by atomic mass is 16.5. The van der Waals surface area contributed by atoms with Crippen LogP contribution < -0.4 is 0 Å². The van der Waals surface area contributed by atoms with E-state index in [1.165, 1.54) is 83.5 Å². The van der Waals surface area contributed by atoms with Crippen LogP contribution in [0.5, 0.6) is 0 Å². The molecular formula is C25H51NO2. The summed E-state index contributed by atoms with van der Waals surface area (Å²) in [5.74, 6) is 0.00164. The van der Waals surface area contributed by atoms with Crippen molar-refractivity contribution in [3.05, 3.63) is 0 Å². The van der Waals surface area contributed by atoms with E-state index in [2.05, 4.69) is 25.7 Å². The molecule has 0 aromatic carbocycles. The Balaban J connectivity index is 3.20. The van der Waals surface area contributed by atoms with Crippen molar-refractivity contribution < 1.29 is 9.53 Å². The molecule has 0 N–H and O–H groups in total. The number of unbranched alkanes of at least 4 members (excludes halogenated alkanes) is 14. The first kappa shape index (κ1) is 27.4. The lowest BCUT2D eigenvalue weighted by Crippen LogP contribution is -2.24. The molecule has 28 heavy (non-hydrogen) atoms. The Labute approximate surface area is 177 Å². The third kappa shape index (κ3) is 20.2. The predicted octanol–water partition coefficient (Wildman–Crippen LogP) is 7.52. The standard InChI is InChI=1S/C25H51NO2/c1-4-7-8-9-10-11-12-13-14-15-16-17-18-19-22-25(27)28-24-21-20-23-26(5-2)6-3/h4-24H2,1-3H3. The van der Waals surface area contributed by atoms with Crippen LogP contribution in [0.4, 0.5) is 0 Å². The monoisotopic (exact) mass is 397 g/mol. The SMILES string of the molecule is CCCCCCCCCCCCCCCCC(=O)OCCCCN(CC)CC. The van der Waals surface area contributed by atoms with Gasteiger partial charge in [0.2, 0.25) is 0 Å². The first-order valence-electron chi connectivity index (χ1n) is 12.6. The second kappa shape index (κ2) is 22.7. The Morgan fingerprint density at radius 3 is 1.54 bits per heavy atom. The van der Waals surface area contributed by atoms with Gasteiger partial charge in [0.1, 0.15) is 0 Å². The Hall–Kier alpha value is -0.570. The van der Waals surface area contributed by atoms with Crippen LogP contribution in [0.15, 0.2) is 0 Å². The molecule has 0 aliphatic heterocycles. The van der Waals surface area contributed by atoms with Crippen LogP contribution in [0.3, 0.4) is 0 Å². The van der Waals surface area contributed by atoms with E-state index in [0.717, 1.165) is 38.9 Å². The molecule has 0 aromatic rings. The van der Waals surface area contributed by atoms with E-state index < -0.39 is 0 Å². The fourth-order valence-electron chi connectivity index (χ4n) is 3.70. The van der Waals surface area contributed by atoms with Crippen molar-refractivity contribution in [2.45, 2.75) is 130 Å². The minimum Gasteiger partial charge on any atom is -0.466 e. The molecule has 0 aliphatic carbocycles. The molecular weight excluding hydrogens is 346 g/mol. The van der Waals surface area contributed by atoms with Crippen LogP contribution >= 0.6 is 0 Å². The van der Waals surface area contributed by atoms with Crippen LogP contribution in [0.2, 0.25) is 0 Å². The summed E-state index contributed by atoms with van der Waals surface area (Å²) >= 11 is 0. The number of nitrogens with zero attached hydrogens (tertiary/aromatic N) is 1. The van der Waals surface area contributed by atoms with Crippen molar-refractivity contribution in [1.82, 2.24) is 4.90 Å². The third-order valence-corrected chi connectivity index (χ3v) is 5.76. The molecule has 0 bridgehead atoms. The van der Waals surface area contributed by atoms with Crippen molar-refractivity contribution in [3.63, 3.8) is 0 Å². The van der Waals surface area contributed by atoms with Crippen molar-refractivity contribution in [1.29, 1.82) is 0 Å². The largest absolute Gasteiger partial charge is 0.466 e. The molecule has 0 saturated heterocycles. The maximum absolute atomic E-state index is 11.7. The fraction of sp³-hybridized carbons (Fsp3) is 0.960. The van der Waals surface area contributed by atoms with E-state index in [-0.39, 0.29) is 5.97 Å². The number of ether oxygens (including phenoxy) is 1. The number of hydrogen-bond acceptors (Lipinski definition) is 3. The van der Waals surface area contributed by atoms with Gasteiger partial charge in [-0.05, 0) is 38.9 Å². The van der Waals surface area contributed by atoms with Gasteiger partial charge in [0.05, 0.1) is 6.61 Å². The molecule has 3 nitrogen and oxygen atoms in total. The van der Waals surface area contributed by atoms with Crippen LogP contribution in [0.25, 0.3) is 0 Å². The fourth-order valence-corrected chi connectivity index (χ4v) is 3.70. The van der Waals surface area contributed by atoms with E-state index >= 15 is 0 Å². The van der Waals surface area contributed by atoms with Crippen molar-refractivity contribution in [3.8, 4) is 0 Å². The smallest absolute Gasteiger partial charge is 0.305 e. The molecule has 3 heteroatoms. The molecule has 0 saturated carbocycles. The highest BCUT2D eigenvalue weighted by molar-refractivity contribution is 5.69. The van der Waals surface area contributed by atoms with E-state index in [1.807, 2.05) is 0 Å². The quantitative estimate of drug-likeness (QED) is 0.140. The van der Waals surface area contributed by atoms with Gasteiger partial charge in [0, 0.05) is 6.42 Å². The minimum absolute atomic E-state index is 0.00164. The molecule has 0 unspecified atom stereocenters. The van der Waals surface area contributed by atoms with Gasteiger partial charge in [0.15, 0.2) is 0 Å².